The number of alkyl halides is 2. The summed E-state index contributed by atoms with van der Waals surface area (Å²) in [6.07, 6.45) is 1.44. The smallest absolute Gasteiger partial charge is 0.387 e. The van der Waals surface area contributed by atoms with E-state index in [1.807, 2.05) is 6.07 Å². The number of hydroxylamine groups is 2. The summed E-state index contributed by atoms with van der Waals surface area (Å²) in [5.41, 5.74) is 0.735. The topological polar surface area (TPSA) is 90.7 Å². The largest absolute Gasteiger partial charge is 0.435 e. The Balaban J connectivity index is 1.53. The van der Waals surface area contributed by atoms with Gasteiger partial charge in [0, 0.05) is 30.5 Å². The summed E-state index contributed by atoms with van der Waals surface area (Å²) in [5, 5.41) is 6.23. The Hall–Kier alpha value is -3.05. The lowest BCUT2D eigenvalue weighted by Crippen LogP contribution is -2.47. The maximum absolute atomic E-state index is 13.1. The van der Waals surface area contributed by atoms with Gasteiger partial charge in [-0.2, -0.15) is 26.4 Å². The zero-order chi connectivity index (χ0) is 24.0. The maximum Gasteiger partial charge on any atom is 0.387 e. The normalized spacial score (nSPS) is 15.6. The van der Waals surface area contributed by atoms with Gasteiger partial charge in [-0.1, -0.05) is 12.1 Å². The van der Waals surface area contributed by atoms with E-state index in [2.05, 4.69) is 9.84 Å². The number of nitrogens with zero attached hydrogens (tertiary/aromatic N) is 3. The Morgan fingerprint density at radius 2 is 1.88 bits per heavy atom. The third-order valence-electron chi connectivity index (χ3n) is 5.26. The van der Waals surface area contributed by atoms with Gasteiger partial charge in [0.15, 0.2) is 0 Å². The Labute approximate surface area is 189 Å². The number of carbonyl (C=O) groups is 1. The zero-order valence-corrected chi connectivity index (χ0v) is 19.1. The fourth-order valence-corrected chi connectivity index (χ4v) is 4.67. The van der Waals surface area contributed by atoms with Gasteiger partial charge < -0.3 is 9.57 Å². The van der Waals surface area contributed by atoms with Crippen molar-refractivity contribution in [2.24, 2.45) is 5.41 Å². The fourth-order valence-electron chi connectivity index (χ4n) is 3.36. The van der Waals surface area contributed by atoms with E-state index in [0.29, 0.717) is 24.0 Å². The first-order valence-electron chi connectivity index (χ1n) is 10.2. The van der Waals surface area contributed by atoms with Crippen LogP contribution in [0.3, 0.4) is 0 Å². The molecule has 4 rings (SSSR count). The molecule has 0 aliphatic carbocycles. The summed E-state index contributed by atoms with van der Waals surface area (Å²) in [5.74, 6) is -0.428. The second kappa shape index (κ2) is 8.38. The minimum atomic E-state index is -4.13. The number of hydrogen-bond acceptors (Lipinski definition) is 7. The Kier molecular flexibility index (Phi) is 5.87. The molecule has 1 aromatic heterocycles. The van der Waals surface area contributed by atoms with Gasteiger partial charge >= 0.3 is 12.6 Å². The lowest BCUT2D eigenvalue weighted by molar-refractivity contribution is -0.220. The number of carbonyl (C=O) groups excluding carboxylic acids is 1. The van der Waals surface area contributed by atoms with Crippen molar-refractivity contribution in [1.82, 2.24) is 14.2 Å². The molecule has 1 aliphatic rings. The van der Waals surface area contributed by atoms with Gasteiger partial charge in [0.2, 0.25) is 0 Å². The molecule has 0 saturated carbocycles. The predicted octanol–water partition coefficient (Wildman–Crippen LogP) is 3.78. The molecular formula is C22H23F2N3O5S. The molecule has 0 amide bonds. The first kappa shape index (κ1) is 23.1. The molecule has 1 saturated heterocycles. The van der Waals surface area contributed by atoms with Crippen LogP contribution in [0.2, 0.25) is 0 Å². The van der Waals surface area contributed by atoms with Gasteiger partial charge in [-0.15, -0.1) is 5.06 Å². The van der Waals surface area contributed by atoms with Crippen LogP contribution in [0.4, 0.5) is 8.78 Å². The summed E-state index contributed by atoms with van der Waals surface area (Å²) in [6, 6.07) is 10.2. The number of rotatable bonds is 6. The van der Waals surface area contributed by atoms with Crippen molar-refractivity contribution in [2.75, 3.05) is 13.1 Å². The first-order valence-corrected chi connectivity index (χ1v) is 11.6. The molecule has 176 valence electrons. The third-order valence-corrected chi connectivity index (χ3v) is 6.86. The summed E-state index contributed by atoms with van der Waals surface area (Å²) >= 11 is 0. The van der Waals surface area contributed by atoms with Gasteiger partial charge in [0.1, 0.15) is 5.75 Å². The van der Waals surface area contributed by atoms with Crippen molar-refractivity contribution in [3.63, 3.8) is 0 Å². The summed E-state index contributed by atoms with van der Waals surface area (Å²) < 4.78 is 56.3. The van der Waals surface area contributed by atoms with E-state index in [0.717, 1.165) is 15.7 Å². The molecule has 1 fully saturated rings. The van der Waals surface area contributed by atoms with Crippen molar-refractivity contribution >= 4 is 26.9 Å². The highest BCUT2D eigenvalue weighted by Crippen LogP contribution is 2.31. The predicted molar refractivity (Wildman–Crippen MR) is 115 cm³/mol. The van der Waals surface area contributed by atoms with Crippen molar-refractivity contribution in [3.05, 3.63) is 54.2 Å². The standard InChI is InChI=1S/C22H23F2N3O5S/c1-22(2,3)20(28)32-26-12-16(13-26)14-7-8-19-15(9-14)11-25-27(19)33(29,30)18-6-4-5-17(10-18)31-21(23)24/h4-11,16,21H,12-13H2,1-3H3. The molecule has 33 heavy (non-hydrogen) atoms. The van der Waals surface area contributed by atoms with Crippen molar-refractivity contribution in [3.8, 4) is 5.75 Å². The molecule has 3 aromatic rings. The molecule has 0 spiro atoms. The van der Waals surface area contributed by atoms with E-state index in [1.54, 1.807) is 38.0 Å². The first-order chi connectivity index (χ1) is 15.4. The van der Waals surface area contributed by atoms with Crippen LogP contribution < -0.4 is 4.74 Å². The monoisotopic (exact) mass is 479 g/mol. The van der Waals surface area contributed by atoms with Crippen LogP contribution in [0.1, 0.15) is 32.3 Å². The molecule has 0 bridgehead atoms. The minimum absolute atomic E-state index is 0.130. The number of hydrogen-bond donors (Lipinski definition) is 0. The van der Waals surface area contributed by atoms with Crippen LogP contribution in [0.25, 0.3) is 10.9 Å². The Morgan fingerprint density at radius 3 is 2.55 bits per heavy atom. The number of aromatic nitrogens is 2. The Bertz CT molecular complexity index is 1290. The SMILES string of the molecule is CC(C)(C)C(=O)ON1CC(c2ccc3c(cnn3S(=O)(=O)c3cccc(OC(F)F)c3)c2)C1. The number of ether oxygens (including phenoxy) is 1. The van der Waals surface area contributed by atoms with E-state index in [1.165, 1.54) is 24.4 Å². The highest BCUT2D eigenvalue weighted by atomic mass is 32.2. The summed E-state index contributed by atoms with van der Waals surface area (Å²) in [4.78, 5) is 17.1. The van der Waals surface area contributed by atoms with E-state index < -0.39 is 22.0 Å². The third kappa shape index (κ3) is 4.69. The number of halogens is 2. The molecule has 0 N–H and O–H groups in total. The molecule has 0 unspecified atom stereocenters. The van der Waals surface area contributed by atoms with Gasteiger partial charge in [-0.05, 0) is 50.6 Å². The quantitative estimate of drug-likeness (QED) is 0.531. The van der Waals surface area contributed by atoms with Crippen LogP contribution in [0, 0.1) is 5.41 Å². The highest BCUT2D eigenvalue weighted by Gasteiger charge is 2.34. The molecule has 8 nitrogen and oxygen atoms in total. The highest BCUT2D eigenvalue weighted by molar-refractivity contribution is 7.90. The van der Waals surface area contributed by atoms with Crippen molar-refractivity contribution in [2.45, 2.75) is 38.2 Å². The van der Waals surface area contributed by atoms with Crippen LogP contribution in [-0.2, 0) is 19.7 Å². The van der Waals surface area contributed by atoms with Gasteiger partial charge in [0.05, 0.1) is 22.0 Å². The van der Waals surface area contributed by atoms with Crippen molar-refractivity contribution < 1.29 is 31.6 Å². The molecule has 11 heteroatoms. The second-order valence-electron chi connectivity index (χ2n) is 8.84. The summed E-state index contributed by atoms with van der Waals surface area (Å²) in [6.45, 7) is 3.37. The molecule has 2 aromatic carbocycles. The van der Waals surface area contributed by atoms with Crippen LogP contribution in [0.15, 0.2) is 53.6 Å². The van der Waals surface area contributed by atoms with Gasteiger partial charge in [0.25, 0.3) is 10.0 Å². The molecule has 2 heterocycles. The second-order valence-corrected chi connectivity index (χ2v) is 10.6. The summed E-state index contributed by atoms with van der Waals surface area (Å²) in [7, 11) is -4.13. The Morgan fingerprint density at radius 1 is 1.15 bits per heavy atom. The number of fused-ring (bicyclic) bond motifs is 1. The lowest BCUT2D eigenvalue weighted by Gasteiger charge is -2.38. The van der Waals surface area contributed by atoms with E-state index in [-0.39, 0.29) is 22.5 Å². The van der Waals surface area contributed by atoms with Gasteiger partial charge in [-0.3, -0.25) is 0 Å². The van der Waals surface area contributed by atoms with Crippen LogP contribution in [0.5, 0.6) is 5.75 Å². The van der Waals surface area contributed by atoms with E-state index >= 15 is 0 Å². The molecule has 0 atom stereocenters. The minimum Gasteiger partial charge on any atom is -0.435 e. The lowest BCUT2D eigenvalue weighted by atomic mass is 9.92. The average Bonchev–Trinajstić information content (AvgIpc) is 3.13. The van der Waals surface area contributed by atoms with Crippen LogP contribution >= 0.6 is 0 Å². The fraction of sp³-hybridized carbons (Fsp3) is 0.364. The van der Waals surface area contributed by atoms with Crippen molar-refractivity contribution in [1.29, 1.82) is 0 Å². The zero-order valence-electron chi connectivity index (χ0n) is 18.2. The average molecular weight is 480 g/mol. The molecule has 1 aliphatic heterocycles. The van der Waals surface area contributed by atoms with Gasteiger partial charge in [-0.25, -0.2) is 4.79 Å². The maximum atomic E-state index is 13.1. The van der Waals surface area contributed by atoms with E-state index in [4.69, 9.17) is 4.84 Å². The number of benzene rings is 2. The molecule has 0 radical (unpaired) electrons. The van der Waals surface area contributed by atoms with E-state index in [9.17, 15) is 22.0 Å². The van der Waals surface area contributed by atoms with Crippen LogP contribution in [-0.4, -0.2) is 48.3 Å². The molecular weight excluding hydrogens is 456 g/mol.